The molecule has 1 aromatic rings. The molecule has 3 rings (SSSR count). The van der Waals surface area contributed by atoms with E-state index >= 15 is 0 Å². The third-order valence-corrected chi connectivity index (χ3v) is 4.31. The predicted molar refractivity (Wildman–Crippen MR) is 87.7 cm³/mol. The van der Waals surface area contributed by atoms with E-state index in [1.54, 1.807) is 19.2 Å². The van der Waals surface area contributed by atoms with Crippen LogP contribution in [0.3, 0.4) is 0 Å². The molecule has 132 valence electrons. The van der Waals surface area contributed by atoms with Crippen LogP contribution in [0.2, 0.25) is 0 Å². The van der Waals surface area contributed by atoms with Gasteiger partial charge in [0, 0.05) is 26.7 Å². The molecule has 2 atom stereocenters. The smallest absolute Gasteiger partial charge is 0.284 e. The fraction of sp³-hybridized carbons (Fsp3) is 0.625. The third kappa shape index (κ3) is 3.88. The molecule has 2 saturated heterocycles. The summed E-state index contributed by atoms with van der Waals surface area (Å²) in [5.74, 6) is 0.997. The predicted octanol–water partition coefficient (Wildman–Crippen LogP) is 0.334. The molecule has 1 amide bonds. The normalized spacial score (nSPS) is 25.0. The Bertz CT molecular complexity index is 595. The van der Waals surface area contributed by atoms with Crippen LogP contribution >= 0.6 is 0 Å². The minimum atomic E-state index is -0.571. The van der Waals surface area contributed by atoms with E-state index in [9.17, 15) is 4.79 Å². The van der Waals surface area contributed by atoms with Crippen molar-refractivity contribution in [3.63, 3.8) is 0 Å². The first-order chi connectivity index (χ1) is 11.7. The zero-order chi connectivity index (χ0) is 16.9. The van der Waals surface area contributed by atoms with Crippen LogP contribution in [-0.2, 0) is 16.0 Å². The fourth-order valence-corrected chi connectivity index (χ4v) is 3.09. The number of carbonyl (C=O) groups is 1. The maximum absolute atomic E-state index is 11.1. The van der Waals surface area contributed by atoms with Gasteiger partial charge in [0.25, 0.3) is 5.91 Å². The molecule has 0 saturated carbocycles. The molecule has 0 aliphatic carbocycles. The number of rotatable bonds is 4. The number of hydrogen-bond donors (Lipinski definition) is 2. The maximum Gasteiger partial charge on any atom is 0.284 e. The van der Waals surface area contributed by atoms with E-state index in [-0.39, 0.29) is 18.0 Å². The van der Waals surface area contributed by atoms with E-state index < -0.39 is 5.91 Å². The number of hydrogen-bond acceptors (Lipinski definition) is 5. The van der Waals surface area contributed by atoms with Crippen LogP contribution < -0.4 is 11.1 Å². The van der Waals surface area contributed by atoms with Crippen molar-refractivity contribution in [2.75, 3.05) is 33.4 Å². The highest BCUT2D eigenvalue weighted by atomic mass is 16.5. The van der Waals surface area contributed by atoms with Gasteiger partial charge >= 0.3 is 0 Å². The maximum atomic E-state index is 11.1. The number of ether oxygens (including phenoxy) is 2. The van der Waals surface area contributed by atoms with Crippen LogP contribution in [0.1, 0.15) is 29.2 Å². The van der Waals surface area contributed by atoms with E-state index in [0.29, 0.717) is 18.9 Å². The second-order valence-corrected chi connectivity index (χ2v) is 5.94. The lowest BCUT2D eigenvalue weighted by Crippen LogP contribution is -2.53. The number of guanidine groups is 1. The highest BCUT2D eigenvalue weighted by Gasteiger charge is 2.32. The van der Waals surface area contributed by atoms with Crippen molar-refractivity contribution in [2.45, 2.75) is 31.6 Å². The largest absolute Gasteiger partial charge is 0.454 e. The van der Waals surface area contributed by atoms with Gasteiger partial charge in [-0.15, -0.1) is 0 Å². The summed E-state index contributed by atoms with van der Waals surface area (Å²) in [6, 6.07) is 3.30. The van der Waals surface area contributed by atoms with Crippen LogP contribution in [0.5, 0.6) is 0 Å². The number of nitrogens with zero attached hydrogens (tertiary/aromatic N) is 2. The van der Waals surface area contributed by atoms with Gasteiger partial charge in [-0.25, -0.2) is 0 Å². The number of nitrogens with two attached hydrogens (primary N) is 1. The lowest BCUT2D eigenvalue weighted by atomic mass is 10.1. The molecule has 3 heterocycles. The summed E-state index contributed by atoms with van der Waals surface area (Å²) in [7, 11) is 1.75. The van der Waals surface area contributed by atoms with Crippen LogP contribution in [-0.4, -0.2) is 62.3 Å². The number of primary amides is 1. The van der Waals surface area contributed by atoms with E-state index in [1.807, 2.05) is 0 Å². The summed E-state index contributed by atoms with van der Waals surface area (Å²) >= 11 is 0. The molecule has 1 aromatic heterocycles. The Labute approximate surface area is 141 Å². The van der Waals surface area contributed by atoms with Gasteiger partial charge in [0.05, 0.1) is 19.3 Å². The first-order valence-corrected chi connectivity index (χ1v) is 8.24. The molecule has 3 N–H and O–H groups in total. The molecule has 24 heavy (non-hydrogen) atoms. The van der Waals surface area contributed by atoms with Gasteiger partial charge in [0.2, 0.25) is 0 Å². The van der Waals surface area contributed by atoms with Crippen LogP contribution in [0.25, 0.3) is 0 Å². The highest BCUT2D eigenvalue weighted by Crippen LogP contribution is 2.21. The van der Waals surface area contributed by atoms with E-state index in [4.69, 9.17) is 19.6 Å². The van der Waals surface area contributed by atoms with Gasteiger partial charge in [-0.1, -0.05) is 0 Å². The van der Waals surface area contributed by atoms with Crippen LogP contribution in [0, 0.1) is 0 Å². The van der Waals surface area contributed by atoms with E-state index in [2.05, 4.69) is 15.2 Å². The van der Waals surface area contributed by atoms with E-state index in [0.717, 1.165) is 38.5 Å². The molecule has 2 aliphatic rings. The summed E-state index contributed by atoms with van der Waals surface area (Å²) in [4.78, 5) is 17.6. The Morgan fingerprint density at radius 2 is 2.21 bits per heavy atom. The Morgan fingerprint density at radius 3 is 2.88 bits per heavy atom. The Morgan fingerprint density at radius 1 is 1.38 bits per heavy atom. The van der Waals surface area contributed by atoms with Crippen LogP contribution in [0.4, 0.5) is 0 Å². The van der Waals surface area contributed by atoms with Crippen molar-refractivity contribution in [3.8, 4) is 0 Å². The summed E-state index contributed by atoms with van der Waals surface area (Å²) < 4.78 is 17.0. The molecule has 0 radical (unpaired) electrons. The van der Waals surface area contributed by atoms with Gasteiger partial charge in [-0.3, -0.25) is 9.79 Å². The summed E-state index contributed by atoms with van der Waals surface area (Å²) in [5.41, 5.74) is 5.19. The fourth-order valence-electron chi connectivity index (χ4n) is 3.09. The number of carbonyl (C=O) groups excluding carboxylic acids is 1. The average Bonchev–Trinajstić information content (AvgIpc) is 3.28. The number of amides is 1. The molecular formula is C16H24N4O4. The average molecular weight is 336 g/mol. The quantitative estimate of drug-likeness (QED) is 0.607. The lowest BCUT2D eigenvalue weighted by Gasteiger charge is -2.37. The standard InChI is InChI=1S/C16H24N4O4/c1-18-16(19-9-11-4-5-13(24-11)15(17)21)20-6-8-23-14(10-20)12-3-2-7-22-12/h4-5,12,14H,2-3,6-10H2,1H3,(H2,17,21)(H,18,19). The first kappa shape index (κ1) is 16.8. The minimum absolute atomic E-state index is 0.0740. The topological polar surface area (TPSA) is 102 Å². The van der Waals surface area contributed by atoms with Crippen molar-refractivity contribution in [2.24, 2.45) is 10.7 Å². The van der Waals surface area contributed by atoms with Crippen molar-refractivity contribution in [1.29, 1.82) is 0 Å². The van der Waals surface area contributed by atoms with Gasteiger partial charge in [-0.05, 0) is 25.0 Å². The summed E-state index contributed by atoms with van der Waals surface area (Å²) in [6.07, 6.45) is 2.39. The highest BCUT2D eigenvalue weighted by molar-refractivity contribution is 5.89. The van der Waals surface area contributed by atoms with E-state index in [1.165, 1.54) is 0 Å². The number of morpholine rings is 1. The van der Waals surface area contributed by atoms with Crippen LogP contribution in [0.15, 0.2) is 21.5 Å². The van der Waals surface area contributed by atoms with Gasteiger partial charge in [-0.2, -0.15) is 0 Å². The first-order valence-electron chi connectivity index (χ1n) is 8.24. The van der Waals surface area contributed by atoms with Crippen molar-refractivity contribution < 1.29 is 18.7 Å². The molecule has 0 aromatic carbocycles. The molecule has 2 unspecified atom stereocenters. The molecule has 2 aliphatic heterocycles. The SMILES string of the molecule is CN=C(NCc1ccc(C(N)=O)o1)N1CCOC(C2CCCO2)C1. The van der Waals surface area contributed by atoms with Crippen molar-refractivity contribution in [1.82, 2.24) is 10.2 Å². The molecule has 2 fully saturated rings. The third-order valence-electron chi connectivity index (χ3n) is 4.31. The Kier molecular flexibility index (Phi) is 5.37. The second-order valence-electron chi connectivity index (χ2n) is 5.94. The lowest BCUT2D eigenvalue weighted by molar-refractivity contribution is -0.0817. The van der Waals surface area contributed by atoms with Gasteiger partial charge in [0.15, 0.2) is 11.7 Å². The minimum Gasteiger partial charge on any atom is -0.454 e. The number of furan rings is 1. The number of nitrogens with one attached hydrogen (secondary N) is 1. The Balaban J connectivity index is 1.55. The van der Waals surface area contributed by atoms with Gasteiger partial charge in [0.1, 0.15) is 11.9 Å². The summed E-state index contributed by atoms with van der Waals surface area (Å²) in [5, 5.41) is 3.25. The zero-order valence-electron chi connectivity index (χ0n) is 13.9. The molecule has 0 bridgehead atoms. The number of aliphatic imine (C=N–C) groups is 1. The molecule has 8 heteroatoms. The van der Waals surface area contributed by atoms with Crippen molar-refractivity contribution in [3.05, 3.63) is 23.7 Å². The molecule has 0 spiro atoms. The monoisotopic (exact) mass is 336 g/mol. The Hall–Kier alpha value is -2.06. The second kappa shape index (κ2) is 7.67. The zero-order valence-corrected chi connectivity index (χ0v) is 13.9. The van der Waals surface area contributed by atoms with Crippen molar-refractivity contribution >= 4 is 11.9 Å². The molecular weight excluding hydrogens is 312 g/mol. The van der Waals surface area contributed by atoms with Gasteiger partial charge < -0.3 is 29.8 Å². The molecule has 8 nitrogen and oxygen atoms in total. The summed E-state index contributed by atoms with van der Waals surface area (Å²) in [6.45, 7) is 3.42.